The quantitative estimate of drug-likeness (QED) is 0.320. The zero-order chi connectivity index (χ0) is 24.2. The molecule has 0 radical (unpaired) electrons. The highest BCUT2D eigenvalue weighted by Gasteiger charge is 2.20. The van der Waals surface area contributed by atoms with E-state index in [4.69, 9.17) is 0 Å². The van der Waals surface area contributed by atoms with Crippen LogP contribution in [0.25, 0.3) is 28.3 Å². The Kier molecular flexibility index (Phi) is 7.16. The molecule has 0 aromatic heterocycles. The van der Waals surface area contributed by atoms with Crippen molar-refractivity contribution in [2.24, 2.45) is 5.92 Å². The van der Waals surface area contributed by atoms with Gasteiger partial charge in [0, 0.05) is 22.6 Å². The van der Waals surface area contributed by atoms with Gasteiger partial charge in [0.25, 0.3) is 0 Å². The molecule has 4 heteroatoms. The van der Waals surface area contributed by atoms with Gasteiger partial charge >= 0.3 is 0 Å². The second kappa shape index (κ2) is 10.3. The van der Waals surface area contributed by atoms with Crippen molar-refractivity contribution in [3.63, 3.8) is 0 Å². The average molecular weight is 463 g/mol. The van der Waals surface area contributed by atoms with Crippen LogP contribution in [0.1, 0.15) is 37.8 Å². The van der Waals surface area contributed by atoms with Gasteiger partial charge in [-0.2, -0.15) is 0 Å². The van der Waals surface area contributed by atoms with Crippen LogP contribution in [0.2, 0.25) is 0 Å². The zero-order valence-electron chi connectivity index (χ0n) is 19.2. The van der Waals surface area contributed by atoms with E-state index in [1.165, 1.54) is 6.08 Å². The maximum atomic E-state index is 15.0. The van der Waals surface area contributed by atoms with Crippen molar-refractivity contribution in [3.8, 4) is 22.3 Å². The summed E-state index contributed by atoms with van der Waals surface area (Å²) in [4.78, 5) is 0. The van der Waals surface area contributed by atoms with Crippen molar-refractivity contribution < 1.29 is 17.6 Å². The van der Waals surface area contributed by atoms with E-state index in [9.17, 15) is 17.6 Å². The summed E-state index contributed by atoms with van der Waals surface area (Å²) >= 11 is 0. The number of halogens is 4. The second-order valence-electron chi connectivity index (χ2n) is 8.65. The smallest absolute Gasteiger partial charge is 0.167 e. The topological polar surface area (TPSA) is 0 Å². The molecule has 1 aliphatic carbocycles. The Morgan fingerprint density at radius 2 is 1.32 bits per heavy atom. The number of hydrogen-bond acceptors (Lipinski definition) is 0. The number of allylic oxidation sites excluding steroid dienone is 5. The molecule has 3 aromatic carbocycles. The van der Waals surface area contributed by atoms with E-state index in [-0.39, 0.29) is 16.7 Å². The summed E-state index contributed by atoms with van der Waals surface area (Å²) < 4.78 is 57.8. The van der Waals surface area contributed by atoms with Gasteiger partial charge in [-0.25, -0.2) is 17.6 Å². The van der Waals surface area contributed by atoms with Gasteiger partial charge < -0.3 is 0 Å². The minimum absolute atomic E-state index is 0.166. The molecular weight excluding hydrogens is 436 g/mol. The molecule has 0 aliphatic heterocycles. The Bertz CT molecular complexity index is 1260. The Morgan fingerprint density at radius 1 is 0.765 bits per heavy atom. The summed E-state index contributed by atoms with van der Waals surface area (Å²) in [6.45, 7) is 3.74. The van der Waals surface area contributed by atoms with Crippen LogP contribution in [0.4, 0.5) is 17.6 Å². The minimum Gasteiger partial charge on any atom is -0.208 e. The Balaban J connectivity index is 1.54. The van der Waals surface area contributed by atoms with Crippen molar-refractivity contribution in [3.05, 3.63) is 113 Å². The second-order valence-corrected chi connectivity index (χ2v) is 8.65. The van der Waals surface area contributed by atoms with Crippen LogP contribution in [0, 0.1) is 17.6 Å². The Morgan fingerprint density at radius 3 is 1.88 bits per heavy atom. The maximum absolute atomic E-state index is 15.0. The monoisotopic (exact) mass is 462 g/mol. The van der Waals surface area contributed by atoms with Crippen molar-refractivity contribution in [1.82, 2.24) is 0 Å². The average Bonchev–Trinajstić information content (AvgIpc) is 2.85. The fourth-order valence-electron chi connectivity index (χ4n) is 4.09. The van der Waals surface area contributed by atoms with Gasteiger partial charge in [0.15, 0.2) is 17.5 Å². The van der Waals surface area contributed by atoms with E-state index >= 15 is 0 Å². The van der Waals surface area contributed by atoms with Crippen molar-refractivity contribution >= 4 is 6.08 Å². The molecule has 3 aromatic rings. The first-order chi connectivity index (χ1) is 16.4. The molecule has 0 N–H and O–H groups in total. The van der Waals surface area contributed by atoms with Crippen LogP contribution in [-0.4, -0.2) is 0 Å². The molecule has 0 spiro atoms. The predicted molar refractivity (Wildman–Crippen MR) is 131 cm³/mol. The molecule has 1 aliphatic rings. The third kappa shape index (κ3) is 4.91. The SMILES string of the molecule is CCCc1ccc(-c2ccc(-c3ccc(/C=C/C4=CCC(C)C(F)=C4F)cc3)c(F)c2F)cc1. The number of aryl methyl sites for hydroxylation is 1. The molecule has 1 atom stereocenters. The van der Waals surface area contributed by atoms with Gasteiger partial charge in [0.05, 0.1) is 0 Å². The van der Waals surface area contributed by atoms with Crippen LogP contribution >= 0.6 is 0 Å². The zero-order valence-corrected chi connectivity index (χ0v) is 19.2. The fourth-order valence-corrected chi connectivity index (χ4v) is 4.09. The number of rotatable bonds is 6. The van der Waals surface area contributed by atoms with Crippen LogP contribution in [-0.2, 0) is 6.42 Å². The fraction of sp³-hybridized carbons (Fsp3) is 0.200. The Hall–Kier alpha value is -3.40. The first-order valence-corrected chi connectivity index (χ1v) is 11.5. The number of benzene rings is 3. The normalized spacial score (nSPS) is 16.3. The molecule has 0 bridgehead atoms. The van der Waals surface area contributed by atoms with E-state index in [0.29, 0.717) is 17.5 Å². The van der Waals surface area contributed by atoms with E-state index in [1.54, 1.807) is 55.5 Å². The van der Waals surface area contributed by atoms with Gasteiger partial charge in [0.2, 0.25) is 0 Å². The third-order valence-corrected chi connectivity index (χ3v) is 6.15. The first-order valence-electron chi connectivity index (χ1n) is 11.5. The van der Waals surface area contributed by atoms with Gasteiger partial charge in [-0.05, 0) is 35.1 Å². The first kappa shape index (κ1) is 23.7. The van der Waals surface area contributed by atoms with Gasteiger partial charge in [-0.15, -0.1) is 0 Å². The van der Waals surface area contributed by atoms with Gasteiger partial charge in [-0.1, -0.05) is 99.2 Å². The summed E-state index contributed by atoms with van der Waals surface area (Å²) in [7, 11) is 0. The summed E-state index contributed by atoms with van der Waals surface area (Å²) in [5.74, 6) is -3.78. The molecule has 0 heterocycles. The summed E-state index contributed by atoms with van der Waals surface area (Å²) in [5.41, 5.74) is 3.66. The standard InChI is InChI=1S/C30H26F4/c1-3-4-20-6-12-22(13-7-20)25-17-18-26(30(34)29(25)33)23-14-8-21(9-15-23)10-16-24-11-5-19(2)27(31)28(24)32/h6-19H,3-5H2,1-2H3/b16-10+. The lowest BCUT2D eigenvalue weighted by atomic mass is 9.95. The van der Waals surface area contributed by atoms with Crippen molar-refractivity contribution in [2.75, 3.05) is 0 Å². The molecule has 0 nitrogen and oxygen atoms in total. The molecule has 174 valence electrons. The lowest BCUT2D eigenvalue weighted by molar-refractivity contribution is 0.441. The lowest BCUT2D eigenvalue weighted by Gasteiger charge is -2.14. The van der Waals surface area contributed by atoms with Crippen LogP contribution in [0.3, 0.4) is 0 Å². The van der Waals surface area contributed by atoms with Gasteiger partial charge in [0.1, 0.15) is 5.83 Å². The predicted octanol–water partition coefficient (Wildman–Crippen LogP) is 9.38. The molecule has 1 unspecified atom stereocenters. The van der Waals surface area contributed by atoms with E-state index in [1.807, 2.05) is 24.3 Å². The molecule has 0 saturated carbocycles. The van der Waals surface area contributed by atoms with Crippen LogP contribution in [0.5, 0.6) is 0 Å². The molecule has 4 rings (SSSR count). The molecule has 0 saturated heterocycles. The molecular formula is C30H26F4. The van der Waals surface area contributed by atoms with E-state index in [0.717, 1.165) is 24.0 Å². The van der Waals surface area contributed by atoms with Crippen molar-refractivity contribution in [2.45, 2.75) is 33.1 Å². The lowest BCUT2D eigenvalue weighted by Crippen LogP contribution is -2.02. The third-order valence-electron chi connectivity index (χ3n) is 6.15. The van der Waals surface area contributed by atoms with E-state index < -0.39 is 29.2 Å². The molecule has 0 fully saturated rings. The molecule has 34 heavy (non-hydrogen) atoms. The minimum atomic E-state index is -0.900. The van der Waals surface area contributed by atoms with E-state index in [2.05, 4.69) is 6.92 Å². The highest BCUT2D eigenvalue weighted by molar-refractivity contribution is 5.73. The van der Waals surface area contributed by atoms with Crippen LogP contribution in [0.15, 0.2) is 90.0 Å². The highest BCUT2D eigenvalue weighted by Crippen LogP contribution is 2.34. The highest BCUT2D eigenvalue weighted by atomic mass is 19.2. The summed E-state index contributed by atoms with van der Waals surface area (Å²) in [5, 5.41) is 0. The van der Waals surface area contributed by atoms with Crippen LogP contribution < -0.4 is 0 Å². The largest absolute Gasteiger partial charge is 0.208 e. The Labute approximate surface area is 198 Å². The summed E-state index contributed by atoms with van der Waals surface area (Å²) in [6, 6.07) is 17.5. The summed E-state index contributed by atoms with van der Waals surface area (Å²) in [6.07, 6.45) is 7.28. The molecule has 0 amide bonds. The van der Waals surface area contributed by atoms with Crippen molar-refractivity contribution in [1.29, 1.82) is 0 Å². The number of hydrogen-bond donors (Lipinski definition) is 0. The van der Waals surface area contributed by atoms with Gasteiger partial charge in [-0.3, -0.25) is 0 Å². The maximum Gasteiger partial charge on any atom is 0.167 e.